The summed E-state index contributed by atoms with van der Waals surface area (Å²) >= 11 is 0. The molecule has 31 heavy (non-hydrogen) atoms. The third kappa shape index (κ3) is 6.63. The quantitative estimate of drug-likeness (QED) is 0.289. The summed E-state index contributed by atoms with van der Waals surface area (Å²) in [6, 6.07) is 13.2. The van der Waals surface area contributed by atoms with E-state index in [9.17, 15) is 0 Å². The SMILES string of the molecule is CC(=Nc1c(C(C)C)cccc1C(C)C)C(C)=Nc1c(C(C)C)cccc1C(C)C.[Ni+2]. The van der Waals surface area contributed by atoms with Crippen molar-refractivity contribution in [1.29, 1.82) is 0 Å². The molecule has 0 saturated carbocycles. The molecule has 3 heteroatoms. The minimum Gasteiger partial charge on any atom is -0.251 e. The van der Waals surface area contributed by atoms with E-state index in [0.29, 0.717) is 23.7 Å². The Labute approximate surface area is 200 Å². The van der Waals surface area contributed by atoms with Gasteiger partial charge in [0, 0.05) is 0 Å². The second-order valence-electron chi connectivity index (χ2n) is 9.58. The summed E-state index contributed by atoms with van der Waals surface area (Å²) in [5.41, 5.74) is 9.43. The minimum absolute atomic E-state index is 0. The second kappa shape index (κ2) is 11.8. The smallest absolute Gasteiger partial charge is 0.251 e. The fourth-order valence-electron chi connectivity index (χ4n) is 3.78. The van der Waals surface area contributed by atoms with Crippen molar-refractivity contribution in [3.8, 4) is 0 Å². The van der Waals surface area contributed by atoms with Crippen LogP contribution in [0.25, 0.3) is 0 Å². The van der Waals surface area contributed by atoms with Crippen molar-refractivity contribution in [1.82, 2.24) is 0 Å². The Kier molecular flexibility index (Phi) is 10.4. The van der Waals surface area contributed by atoms with Crippen LogP contribution in [-0.2, 0) is 16.5 Å². The third-order valence-electron chi connectivity index (χ3n) is 5.77. The van der Waals surface area contributed by atoms with Gasteiger partial charge in [-0.15, -0.1) is 0 Å². The van der Waals surface area contributed by atoms with Gasteiger partial charge in [0.2, 0.25) is 0 Å². The van der Waals surface area contributed by atoms with Gasteiger partial charge in [-0.25, -0.2) is 0 Å². The van der Waals surface area contributed by atoms with Crippen LogP contribution in [0.4, 0.5) is 11.4 Å². The van der Waals surface area contributed by atoms with Crippen LogP contribution in [0.15, 0.2) is 46.4 Å². The summed E-state index contributed by atoms with van der Waals surface area (Å²) in [6.45, 7) is 22.1. The van der Waals surface area contributed by atoms with Gasteiger partial charge < -0.3 is 0 Å². The predicted octanol–water partition coefficient (Wildman–Crippen LogP) is 9.06. The Balaban J connectivity index is 0.00000480. The molecule has 0 unspecified atom stereocenters. The molecular weight excluding hydrogens is 423 g/mol. The number of rotatable bonds is 7. The van der Waals surface area contributed by atoms with Gasteiger partial charge in [0.15, 0.2) is 0 Å². The summed E-state index contributed by atoms with van der Waals surface area (Å²) in [5.74, 6) is 1.73. The number of hydrogen-bond donors (Lipinski definition) is 0. The van der Waals surface area contributed by atoms with Crippen molar-refractivity contribution in [2.24, 2.45) is 9.98 Å². The average Bonchev–Trinajstić information content (AvgIpc) is 2.67. The van der Waals surface area contributed by atoms with Crippen LogP contribution in [0.3, 0.4) is 0 Å². The Hall–Kier alpha value is -1.73. The molecule has 2 aromatic carbocycles. The Morgan fingerprint density at radius 3 is 0.935 bits per heavy atom. The summed E-state index contributed by atoms with van der Waals surface area (Å²) < 4.78 is 0. The molecule has 0 heterocycles. The molecule has 0 atom stereocenters. The normalized spacial score (nSPS) is 12.8. The molecule has 0 N–H and O–H groups in total. The van der Waals surface area contributed by atoms with E-state index in [2.05, 4.69) is 106 Å². The molecule has 0 amide bonds. The van der Waals surface area contributed by atoms with Gasteiger partial charge in [-0.05, 0) is 59.8 Å². The first kappa shape index (κ1) is 27.3. The van der Waals surface area contributed by atoms with Crippen LogP contribution in [-0.4, -0.2) is 11.4 Å². The molecule has 2 rings (SSSR count). The molecule has 0 radical (unpaired) electrons. The van der Waals surface area contributed by atoms with Crippen LogP contribution < -0.4 is 0 Å². The van der Waals surface area contributed by atoms with Gasteiger partial charge in [0.25, 0.3) is 0 Å². The molecule has 0 aliphatic carbocycles. The monoisotopic (exact) mass is 462 g/mol. The molecule has 0 aliphatic rings. The van der Waals surface area contributed by atoms with Crippen LogP contribution in [0.1, 0.15) is 115 Å². The van der Waals surface area contributed by atoms with Gasteiger partial charge in [0.05, 0.1) is 22.8 Å². The molecule has 2 nitrogen and oxygen atoms in total. The van der Waals surface area contributed by atoms with Crippen molar-refractivity contribution >= 4 is 22.8 Å². The van der Waals surface area contributed by atoms with Crippen molar-refractivity contribution in [3.05, 3.63) is 58.7 Å². The second-order valence-corrected chi connectivity index (χ2v) is 9.58. The van der Waals surface area contributed by atoms with E-state index in [-0.39, 0.29) is 16.5 Å². The fraction of sp³-hybridized carbons (Fsp3) is 0.500. The van der Waals surface area contributed by atoms with E-state index in [0.717, 1.165) is 22.8 Å². The molecule has 0 saturated heterocycles. The molecule has 0 spiro atoms. The van der Waals surface area contributed by atoms with E-state index >= 15 is 0 Å². The van der Waals surface area contributed by atoms with E-state index in [1.54, 1.807) is 0 Å². The maximum Gasteiger partial charge on any atom is 2.00 e. The van der Waals surface area contributed by atoms with Gasteiger partial charge >= 0.3 is 16.5 Å². The summed E-state index contributed by atoms with van der Waals surface area (Å²) in [6.07, 6.45) is 0. The minimum atomic E-state index is 0. The first-order valence-electron chi connectivity index (χ1n) is 11.4. The zero-order valence-electron chi connectivity index (χ0n) is 21.0. The van der Waals surface area contributed by atoms with Crippen LogP contribution in [0.5, 0.6) is 0 Å². The van der Waals surface area contributed by atoms with E-state index in [1.807, 2.05) is 0 Å². The molecule has 0 fully saturated rings. The number of para-hydroxylation sites is 2. The first-order chi connectivity index (χ1) is 14.0. The van der Waals surface area contributed by atoms with Crippen molar-refractivity contribution < 1.29 is 16.5 Å². The summed E-state index contributed by atoms with van der Waals surface area (Å²) in [4.78, 5) is 10.3. The largest absolute Gasteiger partial charge is 2.00 e. The number of nitrogens with zero attached hydrogens (tertiary/aromatic N) is 2. The zero-order valence-corrected chi connectivity index (χ0v) is 22.0. The zero-order chi connectivity index (χ0) is 22.6. The first-order valence-corrected chi connectivity index (χ1v) is 11.4. The van der Waals surface area contributed by atoms with Crippen LogP contribution >= 0.6 is 0 Å². The Bertz CT molecular complexity index is 804. The van der Waals surface area contributed by atoms with E-state index in [1.165, 1.54) is 22.3 Å². The molecule has 0 aliphatic heterocycles. The van der Waals surface area contributed by atoms with Crippen LogP contribution in [0.2, 0.25) is 0 Å². The fourth-order valence-corrected chi connectivity index (χ4v) is 3.78. The van der Waals surface area contributed by atoms with Crippen molar-refractivity contribution in [3.63, 3.8) is 0 Å². The molecular formula is C28H40N2Ni+2. The van der Waals surface area contributed by atoms with Gasteiger partial charge in [-0.2, -0.15) is 0 Å². The summed E-state index contributed by atoms with van der Waals surface area (Å²) in [5, 5.41) is 0. The topological polar surface area (TPSA) is 24.7 Å². The van der Waals surface area contributed by atoms with E-state index < -0.39 is 0 Å². The number of aliphatic imine (C=N–C) groups is 2. The standard InChI is InChI=1S/C28H40N2.Ni/c1-17(2)23-13-11-14-24(18(3)4)27(23)29-21(9)22(10)30-28-25(19(5)6)15-12-16-26(28)20(7)8;/h11-20H,1-10H3;/q;+2. The summed E-state index contributed by atoms with van der Waals surface area (Å²) in [7, 11) is 0. The predicted molar refractivity (Wildman–Crippen MR) is 135 cm³/mol. The Morgan fingerprint density at radius 2 is 0.742 bits per heavy atom. The molecule has 170 valence electrons. The maximum atomic E-state index is 5.13. The molecule has 0 bridgehead atoms. The van der Waals surface area contributed by atoms with Crippen molar-refractivity contribution in [2.45, 2.75) is 92.9 Å². The van der Waals surface area contributed by atoms with Gasteiger partial charge in [-0.3, -0.25) is 9.98 Å². The number of benzene rings is 2. The average molecular weight is 463 g/mol. The number of hydrogen-bond acceptors (Lipinski definition) is 2. The molecule has 0 aromatic heterocycles. The van der Waals surface area contributed by atoms with Gasteiger partial charge in [-0.1, -0.05) is 91.8 Å². The molecule has 2 aromatic rings. The van der Waals surface area contributed by atoms with Crippen LogP contribution in [0, 0.1) is 0 Å². The third-order valence-corrected chi connectivity index (χ3v) is 5.77. The van der Waals surface area contributed by atoms with Crippen molar-refractivity contribution in [2.75, 3.05) is 0 Å². The Morgan fingerprint density at radius 1 is 0.516 bits per heavy atom. The van der Waals surface area contributed by atoms with E-state index in [4.69, 9.17) is 9.98 Å². The maximum absolute atomic E-state index is 5.13. The van der Waals surface area contributed by atoms with Gasteiger partial charge in [0.1, 0.15) is 0 Å².